The van der Waals surface area contributed by atoms with Gasteiger partial charge in [0, 0.05) is 32.3 Å². The van der Waals surface area contributed by atoms with Crippen molar-refractivity contribution in [3.05, 3.63) is 91.3 Å². The lowest BCUT2D eigenvalue weighted by Crippen LogP contribution is -2.27. The molecule has 1 fully saturated rings. The van der Waals surface area contributed by atoms with Crippen LogP contribution in [0.3, 0.4) is 0 Å². The third kappa shape index (κ3) is 5.09. The van der Waals surface area contributed by atoms with Gasteiger partial charge >= 0.3 is 0 Å². The molecule has 3 aromatic rings. The monoisotopic (exact) mass is 547 g/mol. The molecular formula is C25H16Cl3NO5S. The number of carbonyl (C=O) groups excluding carboxylic acids is 2. The van der Waals surface area contributed by atoms with Crippen LogP contribution < -0.4 is 14.2 Å². The second-order valence-corrected chi connectivity index (χ2v) is 9.87. The van der Waals surface area contributed by atoms with Gasteiger partial charge in [-0.05, 0) is 47.7 Å². The summed E-state index contributed by atoms with van der Waals surface area (Å²) in [6.07, 6.45) is 1.64. The van der Waals surface area contributed by atoms with Crippen molar-refractivity contribution in [2.24, 2.45) is 0 Å². The number of hydrogen-bond donors (Lipinski definition) is 0. The normalized spacial score (nSPS) is 15.9. The second kappa shape index (κ2) is 10.0. The van der Waals surface area contributed by atoms with E-state index < -0.39 is 5.91 Å². The largest absolute Gasteiger partial charge is 0.488 e. The van der Waals surface area contributed by atoms with Crippen molar-refractivity contribution >= 4 is 63.8 Å². The molecule has 0 saturated carbocycles. The van der Waals surface area contributed by atoms with Gasteiger partial charge in [-0.3, -0.25) is 14.5 Å². The maximum absolute atomic E-state index is 13.1. The number of rotatable bonds is 6. The minimum atomic E-state index is -0.413. The smallest absolute Gasteiger partial charge is 0.293 e. The number of imide groups is 1. The van der Waals surface area contributed by atoms with Crippen LogP contribution in [0.1, 0.15) is 16.7 Å². The summed E-state index contributed by atoms with van der Waals surface area (Å²) in [5.41, 5.74) is 2.01. The minimum Gasteiger partial charge on any atom is -0.488 e. The molecule has 2 aliphatic heterocycles. The van der Waals surface area contributed by atoms with E-state index in [1.165, 1.54) is 0 Å². The predicted molar refractivity (Wildman–Crippen MR) is 136 cm³/mol. The summed E-state index contributed by atoms with van der Waals surface area (Å²) < 4.78 is 16.7. The lowest BCUT2D eigenvalue weighted by molar-refractivity contribution is -0.123. The molecule has 0 aliphatic carbocycles. The Hall–Kier alpha value is -2.84. The van der Waals surface area contributed by atoms with E-state index in [9.17, 15) is 9.59 Å². The zero-order chi connectivity index (χ0) is 24.5. The van der Waals surface area contributed by atoms with Crippen LogP contribution in [0.4, 0.5) is 4.79 Å². The van der Waals surface area contributed by atoms with Gasteiger partial charge in [0.25, 0.3) is 11.1 Å². The molecule has 0 N–H and O–H groups in total. The van der Waals surface area contributed by atoms with Crippen molar-refractivity contribution in [3.8, 4) is 17.2 Å². The number of halogens is 3. The summed E-state index contributed by atoms with van der Waals surface area (Å²) >= 11 is 19.4. The van der Waals surface area contributed by atoms with Gasteiger partial charge in [0.05, 0.1) is 11.4 Å². The van der Waals surface area contributed by atoms with E-state index in [1.54, 1.807) is 42.5 Å². The van der Waals surface area contributed by atoms with E-state index in [0.717, 1.165) is 22.2 Å². The average molecular weight is 549 g/mol. The number of benzene rings is 3. The highest BCUT2D eigenvalue weighted by Gasteiger charge is 2.36. The van der Waals surface area contributed by atoms with Crippen molar-refractivity contribution in [1.29, 1.82) is 0 Å². The maximum Gasteiger partial charge on any atom is 0.293 e. The predicted octanol–water partition coefficient (Wildman–Crippen LogP) is 7.19. The Balaban J connectivity index is 1.34. The summed E-state index contributed by atoms with van der Waals surface area (Å²) in [5, 5.41) is 1.04. The van der Waals surface area contributed by atoms with Crippen LogP contribution in [0.25, 0.3) is 6.08 Å². The summed E-state index contributed by atoms with van der Waals surface area (Å²) in [6, 6.07) is 15.7. The number of para-hydroxylation sites is 1. The van der Waals surface area contributed by atoms with Crippen LogP contribution in [0, 0.1) is 0 Å². The number of ether oxygens (including phenoxy) is 3. The minimum absolute atomic E-state index is 0.0185. The maximum atomic E-state index is 13.1. The number of thioether (sulfide) groups is 1. The summed E-state index contributed by atoms with van der Waals surface area (Å²) in [4.78, 5) is 27.2. The molecule has 5 rings (SSSR count). The van der Waals surface area contributed by atoms with E-state index in [4.69, 9.17) is 49.0 Å². The van der Waals surface area contributed by atoms with Crippen molar-refractivity contribution in [2.45, 2.75) is 13.2 Å². The Morgan fingerprint density at radius 2 is 1.69 bits per heavy atom. The summed E-state index contributed by atoms with van der Waals surface area (Å²) in [5.74, 6) is 1.19. The van der Waals surface area contributed by atoms with Gasteiger partial charge in [-0.2, -0.15) is 0 Å². The first-order chi connectivity index (χ1) is 16.9. The van der Waals surface area contributed by atoms with E-state index in [1.807, 2.05) is 18.2 Å². The van der Waals surface area contributed by atoms with Gasteiger partial charge in [-0.15, -0.1) is 0 Å². The molecule has 0 spiro atoms. The number of fused-ring (bicyclic) bond motifs is 1. The molecular weight excluding hydrogens is 533 g/mol. The van der Waals surface area contributed by atoms with Gasteiger partial charge in [0.2, 0.25) is 6.79 Å². The Kier molecular flexibility index (Phi) is 6.84. The topological polar surface area (TPSA) is 65.1 Å². The Bertz CT molecular complexity index is 1380. The zero-order valence-electron chi connectivity index (χ0n) is 17.9. The van der Waals surface area contributed by atoms with Gasteiger partial charge in [-0.25, -0.2) is 0 Å². The van der Waals surface area contributed by atoms with Crippen LogP contribution in [0.2, 0.25) is 15.1 Å². The molecule has 10 heteroatoms. The molecule has 35 heavy (non-hydrogen) atoms. The Labute approximate surface area is 220 Å². The molecule has 0 radical (unpaired) electrons. The highest BCUT2D eigenvalue weighted by molar-refractivity contribution is 8.18. The molecule has 3 aromatic carbocycles. The van der Waals surface area contributed by atoms with Gasteiger partial charge in [0.1, 0.15) is 12.4 Å². The summed E-state index contributed by atoms with van der Waals surface area (Å²) in [7, 11) is 0. The average Bonchev–Trinajstić information content (AvgIpc) is 3.38. The molecule has 178 valence electrons. The van der Waals surface area contributed by atoms with Gasteiger partial charge in [0.15, 0.2) is 11.5 Å². The van der Waals surface area contributed by atoms with Crippen LogP contribution in [0.15, 0.2) is 59.5 Å². The Morgan fingerprint density at radius 1 is 0.943 bits per heavy atom. The zero-order valence-corrected chi connectivity index (χ0v) is 21.0. The molecule has 0 unspecified atom stereocenters. The third-order valence-electron chi connectivity index (χ3n) is 5.35. The van der Waals surface area contributed by atoms with Crippen molar-refractivity contribution < 1.29 is 23.8 Å². The van der Waals surface area contributed by atoms with Crippen molar-refractivity contribution in [1.82, 2.24) is 4.90 Å². The SMILES string of the molecule is O=C1S/C(=C\c2ccccc2OCc2ccc(Cl)cc2Cl)C(=O)N1Cc1cc2c(cc1Cl)OCO2. The second-order valence-electron chi connectivity index (χ2n) is 7.63. The highest BCUT2D eigenvalue weighted by Crippen LogP contribution is 2.40. The fraction of sp³-hybridized carbons (Fsp3) is 0.120. The first-order valence-electron chi connectivity index (χ1n) is 10.4. The van der Waals surface area contributed by atoms with Crippen LogP contribution >= 0.6 is 46.6 Å². The standard InChI is InChI=1S/C25H16Cl3NO5S/c26-17-6-5-15(18(27)9-17)12-32-20-4-2-1-3-14(20)8-23-24(30)29(25(31)35-23)11-16-7-21-22(10-19(16)28)34-13-33-21/h1-10H,11-13H2/b23-8-. The molecule has 2 aliphatic rings. The molecule has 2 heterocycles. The number of carbonyl (C=O) groups is 2. The van der Waals surface area contributed by atoms with Crippen LogP contribution in [-0.4, -0.2) is 22.8 Å². The number of hydrogen-bond acceptors (Lipinski definition) is 6. The van der Waals surface area contributed by atoms with Crippen LogP contribution in [0.5, 0.6) is 17.2 Å². The first-order valence-corrected chi connectivity index (χ1v) is 12.3. The van der Waals surface area contributed by atoms with E-state index in [-0.39, 0.29) is 30.1 Å². The van der Waals surface area contributed by atoms with Gasteiger partial charge in [-0.1, -0.05) is 59.1 Å². The lowest BCUT2D eigenvalue weighted by atomic mass is 10.1. The number of amides is 2. The van der Waals surface area contributed by atoms with Gasteiger partial charge < -0.3 is 14.2 Å². The van der Waals surface area contributed by atoms with Crippen LogP contribution in [-0.2, 0) is 17.9 Å². The fourth-order valence-corrected chi connectivity index (χ4v) is 5.06. The summed E-state index contributed by atoms with van der Waals surface area (Å²) in [6.45, 7) is 0.334. The molecule has 0 aromatic heterocycles. The fourth-order valence-electron chi connectivity index (χ4n) is 3.55. The Morgan fingerprint density at radius 3 is 2.49 bits per heavy atom. The molecule has 1 saturated heterocycles. The third-order valence-corrected chi connectivity index (χ3v) is 7.19. The van der Waals surface area contributed by atoms with Crippen molar-refractivity contribution in [3.63, 3.8) is 0 Å². The molecule has 0 bridgehead atoms. The van der Waals surface area contributed by atoms with E-state index >= 15 is 0 Å². The highest BCUT2D eigenvalue weighted by atomic mass is 35.5. The quantitative estimate of drug-likeness (QED) is 0.304. The van der Waals surface area contributed by atoms with Crippen molar-refractivity contribution in [2.75, 3.05) is 6.79 Å². The molecule has 2 amide bonds. The van der Waals surface area contributed by atoms with E-state index in [2.05, 4.69) is 0 Å². The first kappa shape index (κ1) is 23.9. The molecule has 6 nitrogen and oxygen atoms in total. The molecule has 0 atom stereocenters. The number of nitrogens with zero attached hydrogens (tertiary/aromatic N) is 1. The lowest BCUT2D eigenvalue weighted by Gasteiger charge is -2.14. The van der Waals surface area contributed by atoms with E-state index in [0.29, 0.717) is 43.4 Å².